The summed E-state index contributed by atoms with van der Waals surface area (Å²) in [6.45, 7) is 6.63. The minimum Gasteiger partial charge on any atom is -0.311 e. The van der Waals surface area contributed by atoms with Crippen LogP contribution in [-0.2, 0) is 13.0 Å². The molecule has 3 nitrogen and oxygen atoms in total. The van der Waals surface area contributed by atoms with Crippen molar-refractivity contribution in [1.82, 2.24) is 15.1 Å². The van der Waals surface area contributed by atoms with Crippen molar-refractivity contribution in [3.05, 3.63) is 17.0 Å². The van der Waals surface area contributed by atoms with Gasteiger partial charge in [0.25, 0.3) is 0 Å². The Labute approximate surface area is 101 Å². The summed E-state index contributed by atoms with van der Waals surface area (Å²) in [7, 11) is 0. The van der Waals surface area contributed by atoms with Crippen molar-refractivity contribution in [3.8, 4) is 0 Å². The molecule has 1 saturated heterocycles. The van der Waals surface area contributed by atoms with E-state index in [9.17, 15) is 0 Å². The van der Waals surface area contributed by atoms with Gasteiger partial charge in [0, 0.05) is 18.1 Å². The third-order valence-electron chi connectivity index (χ3n) is 3.51. The van der Waals surface area contributed by atoms with Gasteiger partial charge in [-0.1, -0.05) is 13.8 Å². The highest BCUT2D eigenvalue weighted by Gasteiger charge is 2.28. The second-order valence-corrected chi connectivity index (χ2v) is 6.10. The van der Waals surface area contributed by atoms with Crippen LogP contribution in [0.2, 0.25) is 0 Å². The number of thioether (sulfide) groups is 1. The van der Waals surface area contributed by atoms with Crippen molar-refractivity contribution < 1.29 is 0 Å². The van der Waals surface area contributed by atoms with Crippen molar-refractivity contribution in [1.29, 1.82) is 0 Å². The van der Waals surface area contributed by atoms with Gasteiger partial charge in [-0.25, -0.2) is 0 Å². The Morgan fingerprint density at radius 2 is 2.25 bits per heavy atom. The predicted molar refractivity (Wildman–Crippen MR) is 68.1 cm³/mol. The van der Waals surface area contributed by atoms with Gasteiger partial charge in [0.05, 0.1) is 17.4 Å². The van der Waals surface area contributed by atoms with Crippen molar-refractivity contribution >= 4 is 11.8 Å². The molecule has 16 heavy (non-hydrogen) atoms. The second kappa shape index (κ2) is 4.08. The minimum absolute atomic E-state index is 0.556. The number of hydrogen-bond acceptors (Lipinski definition) is 3. The standard InChI is InChI=1S/C12H19N3S/c1-8(2)12-10-3-4-13-5-11(10)15(14-12)9-6-16-7-9/h8-9,13H,3-7H2,1-2H3. The molecule has 0 bridgehead atoms. The van der Waals surface area contributed by atoms with Crippen LogP contribution >= 0.6 is 11.8 Å². The van der Waals surface area contributed by atoms with E-state index >= 15 is 0 Å². The van der Waals surface area contributed by atoms with Crippen LogP contribution in [0.4, 0.5) is 0 Å². The summed E-state index contributed by atoms with van der Waals surface area (Å²) in [4.78, 5) is 0. The van der Waals surface area contributed by atoms with Gasteiger partial charge in [0.1, 0.15) is 0 Å². The fourth-order valence-electron chi connectivity index (χ4n) is 2.53. The van der Waals surface area contributed by atoms with Crippen molar-refractivity contribution in [2.75, 3.05) is 18.1 Å². The SMILES string of the molecule is CC(C)c1nn(C2CSC2)c2c1CCNC2. The monoisotopic (exact) mass is 237 g/mol. The topological polar surface area (TPSA) is 29.9 Å². The van der Waals surface area contributed by atoms with Gasteiger partial charge in [-0.05, 0) is 24.4 Å². The zero-order valence-electron chi connectivity index (χ0n) is 9.99. The summed E-state index contributed by atoms with van der Waals surface area (Å²) in [5.74, 6) is 3.04. The number of rotatable bonds is 2. The van der Waals surface area contributed by atoms with E-state index in [2.05, 4.69) is 23.8 Å². The molecule has 0 amide bonds. The van der Waals surface area contributed by atoms with E-state index in [-0.39, 0.29) is 0 Å². The number of nitrogens with zero attached hydrogens (tertiary/aromatic N) is 2. The maximum atomic E-state index is 4.88. The third kappa shape index (κ3) is 1.59. The van der Waals surface area contributed by atoms with Crippen LogP contribution in [0.3, 0.4) is 0 Å². The quantitative estimate of drug-likeness (QED) is 0.852. The van der Waals surface area contributed by atoms with Gasteiger partial charge in [-0.3, -0.25) is 4.68 Å². The lowest BCUT2D eigenvalue weighted by Crippen LogP contribution is -2.30. The third-order valence-corrected chi connectivity index (χ3v) is 4.75. The molecule has 1 aromatic rings. The molecule has 1 aromatic heterocycles. The second-order valence-electron chi connectivity index (χ2n) is 5.03. The Balaban J connectivity index is 2.03. The summed E-state index contributed by atoms with van der Waals surface area (Å²) in [5.41, 5.74) is 4.33. The van der Waals surface area contributed by atoms with Crippen molar-refractivity contribution in [2.24, 2.45) is 0 Å². The van der Waals surface area contributed by atoms with Crippen molar-refractivity contribution in [3.63, 3.8) is 0 Å². The average Bonchev–Trinajstić information content (AvgIpc) is 2.56. The molecule has 0 unspecified atom stereocenters. The summed E-state index contributed by atoms with van der Waals surface area (Å²) < 4.78 is 2.31. The molecule has 0 radical (unpaired) electrons. The van der Waals surface area contributed by atoms with Crippen LogP contribution in [0, 0.1) is 0 Å². The molecule has 1 N–H and O–H groups in total. The molecule has 0 saturated carbocycles. The molecule has 0 spiro atoms. The molecule has 4 heteroatoms. The molecular weight excluding hydrogens is 218 g/mol. The van der Waals surface area contributed by atoms with E-state index in [0.717, 1.165) is 19.5 Å². The summed E-state index contributed by atoms with van der Waals surface area (Å²) in [6, 6.07) is 0.658. The van der Waals surface area contributed by atoms with Gasteiger partial charge >= 0.3 is 0 Å². The van der Waals surface area contributed by atoms with E-state index in [1.807, 2.05) is 11.8 Å². The predicted octanol–water partition coefficient (Wildman–Crippen LogP) is 1.94. The molecule has 2 aliphatic rings. The highest BCUT2D eigenvalue weighted by molar-refractivity contribution is 8.00. The smallest absolute Gasteiger partial charge is 0.0703 e. The highest BCUT2D eigenvalue weighted by atomic mass is 32.2. The van der Waals surface area contributed by atoms with E-state index in [4.69, 9.17) is 5.10 Å². The number of aromatic nitrogens is 2. The lowest BCUT2D eigenvalue weighted by molar-refractivity contribution is 0.479. The average molecular weight is 237 g/mol. The molecule has 3 rings (SSSR count). The Kier molecular flexibility index (Phi) is 2.72. The molecular formula is C12H19N3S. The van der Waals surface area contributed by atoms with Crippen LogP contribution in [0.1, 0.15) is 42.8 Å². The Hall–Kier alpha value is -0.480. The fraction of sp³-hybridized carbons (Fsp3) is 0.750. The Bertz CT molecular complexity index is 393. The minimum atomic E-state index is 0.556. The molecule has 0 aliphatic carbocycles. The molecule has 2 aliphatic heterocycles. The highest BCUT2D eigenvalue weighted by Crippen LogP contribution is 2.33. The van der Waals surface area contributed by atoms with Crippen molar-refractivity contribution in [2.45, 2.75) is 38.8 Å². The first-order chi connectivity index (χ1) is 7.77. The molecule has 0 aromatic carbocycles. The lowest BCUT2D eigenvalue weighted by atomic mass is 9.99. The number of nitrogens with one attached hydrogen (secondary N) is 1. The normalized spacial score (nSPS) is 20.9. The maximum absolute atomic E-state index is 4.88. The first kappa shape index (κ1) is 10.7. The maximum Gasteiger partial charge on any atom is 0.0703 e. The first-order valence-electron chi connectivity index (χ1n) is 6.16. The molecule has 88 valence electrons. The van der Waals surface area contributed by atoms with Gasteiger partial charge in [-0.15, -0.1) is 0 Å². The first-order valence-corrected chi connectivity index (χ1v) is 7.31. The van der Waals surface area contributed by atoms with Crippen LogP contribution < -0.4 is 5.32 Å². The number of hydrogen-bond donors (Lipinski definition) is 1. The lowest BCUT2D eigenvalue weighted by Gasteiger charge is -2.28. The molecule has 3 heterocycles. The Morgan fingerprint density at radius 3 is 2.88 bits per heavy atom. The van der Waals surface area contributed by atoms with Crippen LogP contribution in [0.15, 0.2) is 0 Å². The van der Waals surface area contributed by atoms with Crippen LogP contribution in [0.25, 0.3) is 0 Å². The number of fused-ring (bicyclic) bond motifs is 1. The van der Waals surface area contributed by atoms with Gasteiger partial charge in [0.2, 0.25) is 0 Å². The van der Waals surface area contributed by atoms with Gasteiger partial charge < -0.3 is 5.32 Å². The van der Waals surface area contributed by atoms with Gasteiger partial charge in [0.15, 0.2) is 0 Å². The van der Waals surface area contributed by atoms with E-state index < -0.39 is 0 Å². The van der Waals surface area contributed by atoms with E-state index in [1.165, 1.54) is 28.5 Å². The Morgan fingerprint density at radius 1 is 1.44 bits per heavy atom. The van der Waals surface area contributed by atoms with Gasteiger partial charge in [-0.2, -0.15) is 16.9 Å². The van der Waals surface area contributed by atoms with Crippen LogP contribution in [-0.4, -0.2) is 27.8 Å². The van der Waals surface area contributed by atoms with Crippen LogP contribution in [0.5, 0.6) is 0 Å². The van der Waals surface area contributed by atoms with E-state index in [0.29, 0.717) is 12.0 Å². The summed E-state index contributed by atoms with van der Waals surface area (Å²) in [6.07, 6.45) is 1.16. The van der Waals surface area contributed by atoms with E-state index in [1.54, 1.807) is 0 Å². The zero-order valence-corrected chi connectivity index (χ0v) is 10.8. The zero-order chi connectivity index (χ0) is 11.1. The molecule has 1 fully saturated rings. The largest absolute Gasteiger partial charge is 0.311 e. The fourth-order valence-corrected chi connectivity index (χ4v) is 3.26. The molecule has 0 atom stereocenters. The summed E-state index contributed by atoms with van der Waals surface area (Å²) >= 11 is 2.03. The summed E-state index contributed by atoms with van der Waals surface area (Å²) in [5, 5.41) is 8.35.